The van der Waals surface area contributed by atoms with E-state index in [9.17, 15) is 4.79 Å². The van der Waals surface area contributed by atoms with Gasteiger partial charge in [0.15, 0.2) is 0 Å². The molecular formula is C10H21N3O. The van der Waals surface area contributed by atoms with Crippen LogP contribution in [0.4, 0.5) is 0 Å². The van der Waals surface area contributed by atoms with Crippen molar-refractivity contribution < 1.29 is 4.79 Å². The molecule has 1 aliphatic rings. The van der Waals surface area contributed by atoms with E-state index in [1.165, 1.54) is 12.8 Å². The maximum atomic E-state index is 11.0. The molecule has 0 heterocycles. The Morgan fingerprint density at radius 2 is 2.14 bits per heavy atom. The summed E-state index contributed by atoms with van der Waals surface area (Å²) in [5.74, 6) is -0.423. The zero-order valence-electron chi connectivity index (χ0n) is 9.29. The molecule has 0 aromatic carbocycles. The second kappa shape index (κ2) is 3.87. The predicted molar refractivity (Wildman–Crippen MR) is 56.7 cm³/mol. The molecule has 0 spiro atoms. The third-order valence-corrected chi connectivity index (χ3v) is 3.10. The lowest BCUT2D eigenvalue weighted by atomic mass is 9.93. The Labute approximate surface area is 85.6 Å². The molecule has 0 aliphatic heterocycles. The van der Waals surface area contributed by atoms with Gasteiger partial charge >= 0.3 is 0 Å². The molecular weight excluding hydrogens is 178 g/mol. The van der Waals surface area contributed by atoms with E-state index in [4.69, 9.17) is 11.5 Å². The second-order valence-electron chi connectivity index (χ2n) is 4.73. The highest BCUT2D eigenvalue weighted by molar-refractivity contribution is 5.83. The molecule has 1 aliphatic carbocycles. The van der Waals surface area contributed by atoms with Gasteiger partial charge < -0.3 is 16.4 Å². The van der Waals surface area contributed by atoms with Gasteiger partial charge in [0, 0.05) is 12.1 Å². The summed E-state index contributed by atoms with van der Waals surface area (Å²) in [6, 6.07) is 0.999. The van der Waals surface area contributed by atoms with Crippen LogP contribution in [0.15, 0.2) is 0 Å². The lowest BCUT2D eigenvalue weighted by Gasteiger charge is -2.30. The molecule has 1 fully saturated rings. The highest BCUT2D eigenvalue weighted by Gasteiger charge is 2.34. The Hall–Kier alpha value is -0.610. The third-order valence-electron chi connectivity index (χ3n) is 3.10. The maximum Gasteiger partial charge on any atom is 0.237 e. The third kappa shape index (κ3) is 2.69. The zero-order chi connectivity index (χ0) is 10.9. The summed E-state index contributed by atoms with van der Waals surface area (Å²) >= 11 is 0. The Morgan fingerprint density at radius 1 is 1.64 bits per heavy atom. The Bertz CT molecular complexity index is 223. The number of primary amides is 1. The molecule has 4 nitrogen and oxygen atoms in total. The number of nitrogens with zero attached hydrogens (tertiary/aromatic N) is 1. The summed E-state index contributed by atoms with van der Waals surface area (Å²) in [7, 11) is 2.08. The Kier molecular flexibility index (Phi) is 3.17. The summed E-state index contributed by atoms with van der Waals surface area (Å²) < 4.78 is 0. The van der Waals surface area contributed by atoms with Crippen LogP contribution in [0.5, 0.6) is 0 Å². The van der Waals surface area contributed by atoms with Gasteiger partial charge in [0.05, 0.1) is 5.54 Å². The van der Waals surface area contributed by atoms with E-state index in [2.05, 4.69) is 18.9 Å². The van der Waals surface area contributed by atoms with Gasteiger partial charge in [-0.1, -0.05) is 0 Å². The van der Waals surface area contributed by atoms with Gasteiger partial charge in [-0.05, 0) is 40.2 Å². The molecule has 1 rings (SSSR count). The van der Waals surface area contributed by atoms with Crippen LogP contribution in [0.1, 0.15) is 33.1 Å². The lowest BCUT2D eigenvalue weighted by molar-refractivity contribution is -0.123. The molecule has 0 saturated heterocycles. The molecule has 0 aromatic rings. The number of amides is 1. The average Bonchev–Trinajstić information content (AvgIpc) is 2.84. The largest absolute Gasteiger partial charge is 0.368 e. The van der Waals surface area contributed by atoms with Gasteiger partial charge in [-0.15, -0.1) is 0 Å². The van der Waals surface area contributed by atoms with Crippen LogP contribution >= 0.6 is 0 Å². The smallest absolute Gasteiger partial charge is 0.237 e. The van der Waals surface area contributed by atoms with E-state index < -0.39 is 11.4 Å². The SMILES string of the molecule is CC(CC(C)(N)C(N)=O)N(C)C1CC1. The molecule has 1 saturated carbocycles. The van der Waals surface area contributed by atoms with Gasteiger partial charge in [0.2, 0.25) is 5.91 Å². The van der Waals surface area contributed by atoms with Crippen molar-refractivity contribution >= 4 is 5.91 Å². The highest BCUT2D eigenvalue weighted by atomic mass is 16.1. The number of carbonyl (C=O) groups excluding carboxylic acids is 1. The minimum atomic E-state index is -0.886. The van der Waals surface area contributed by atoms with Gasteiger partial charge in [-0.3, -0.25) is 4.79 Å². The van der Waals surface area contributed by atoms with E-state index in [0.717, 1.165) is 0 Å². The first-order chi connectivity index (χ1) is 6.34. The van der Waals surface area contributed by atoms with Gasteiger partial charge in [0.1, 0.15) is 0 Å². The summed E-state index contributed by atoms with van der Waals surface area (Å²) in [4.78, 5) is 13.3. The average molecular weight is 199 g/mol. The predicted octanol–water partition coefficient (Wildman–Crippen LogP) is 0.0619. The van der Waals surface area contributed by atoms with E-state index in [1.54, 1.807) is 6.92 Å². The molecule has 0 bridgehead atoms. The molecule has 0 radical (unpaired) electrons. The van der Waals surface area contributed by atoms with Crippen molar-refractivity contribution in [2.45, 2.75) is 50.7 Å². The zero-order valence-corrected chi connectivity index (χ0v) is 9.29. The molecule has 1 amide bonds. The summed E-state index contributed by atoms with van der Waals surface area (Å²) in [5.41, 5.74) is 10.2. The number of hydrogen-bond donors (Lipinski definition) is 2. The fraction of sp³-hybridized carbons (Fsp3) is 0.900. The van der Waals surface area contributed by atoms with E-state index in [0.29, 0.717) is 18.5 Å². The van der Waals surface area contributed by atoms with Crippen LogP contribution in [-0.4, -0.2) is 35.5 Å². The summed E-state index contributed by atoms with van der Waals surface area (Å²) in [6.07, 6.45) is 3.15. The number of nitrogens with two attached hydrogens (primary N) is 2. The van der Waals surface area contributed by atoms with E-state index >= 15 is 0 Å². The molecule has 2 atom stereocenters. The van der Waals surface area contributed by atoms with Crippen molar-refractivity contribution in [3.8, 4) is 0 Å². The molecule has 0 aromatic heterocycles. The standard InChI is InChI=1S/C10H21N3O/c1-7(13(3)8-4-5-8)6-10(2,12)9(11)14/h7-8H,4-6,12H2,1-3H3,(H2,11,14). The fourth-order valence-electron chi connectivity index (χ4n) is 1.70. The molecule has 82 valence electrons. The van der Waals surface area contributed by atoms with Crippen LogP contribution in [0.3, 0.4) is 0 Å². The lowest BCUT2D eigenvalue weighted by Crippen LogP contribution is -2.53. The van der Waals surface area contributed by atoms with Crippen LogP contribution in [-0.2, 0) is 4.79 Å². The van der Waals surface area contributed by atoms with Crippen molar-refractivity contribution in [1.29, 1.82) is 0 Å². The van der Waals surface area contributed by atoms with Gasteiger partial charge in [-0.25, -0.2) is 0 Å². The number of carbonyl (C=O) groups is 1. The quantitative estimate of drug-likeness (QED) is 0.657. The minimum absolute atomic E-state index is 0.310. The highest BCUT2D eigenvalue weighted by Crippen LogP contribution is 2.28. The van der Waals surface area contributed by atoms with Crippen LogP contribution in [0.2, 0.25) is 0 Å². The van der Waals surface area contributed by atoms with Crippen LogP contribution < -0.4 is 11.5 Å². The minimum Gasteiger partial charge on any atom is -0.368 e. The Morgan fingerprint density at radius 3 is 2.50 bits per heavy atom. The monoisotopic (exact) mass is 199 g/mol. The van der Waals surface area contributed by atoms with Crippen molar-refractivity contribution in [3.63, 3.8) is 0 Å². The van der Waals surface area contributed by atoms with Crippen molar-refractivity contribution in [2.75, 3.05) is 7.05 Å². The number of hydrogen-bond acceptors (Lipinski definition) is 3. The van der Waals surface area contributed by atoms with Gasteiger partial charge in [0.25, 0.3) is 0 Å². The summed E-state index contributed by atoms with van der Waals surface area (Å²) in [5, 5.41) is 0. The topological polar surface area (TPSA) is 72.3 Å². The fourth-order valence-corrected chi connectivity index (χ4v) is 1.70. The van der Waals surface area contributed by atoms with E-state index in [1.807, 2.05) is 0 Å². The van der Waals surface area contributed by atoms with Gasteiger partial charge in [-0.2, -0.15) is 0 Å². The Balaban J connectivity index is 2.45. The number of rotatable bonds is 5. The second-order valence-corrected chi connectivity index (χ2v) is 4.73. The molecule has 2 unspecified atom stereocenters. The van der Waals surface area contributed by atoms with Crippen molar-refractivity contribution in [3.05, 3.63) is 0 Å². The maximum absolute atomic E-state index is 11.0. The first kappa shape index (κ1) is 11.5. The molecule has 4 N–H and O–H groups in total. The molecule has 14 heavy (non-hydrogen) atoms. The van der Waals surface area contributed by atoms with Crippen LogP contribution in [0.25, 0.3) is 0 Å². The first-order valence-corrected chi connectivity index (χ1v) is 5.15. The van der Waals surface area contributed by atoms with Crippen molar-refractivity contribution in [1.82, 2.24) is 4.90 Å². The van der Waals surface area contributed by atoms with E-state index in [-0.39, 0.29) is 0 Å². The van der Waals surface area contributed by atoms with Crippen molar-refractivity contribution in [2.24, 2.45) is 11.5 Å². The summed E-state index contributed by atoms with van der Waals surface area (Å²) in [6.45, 7) is 3.79. The molecule has 4 heteroatoms. The first-order valence-electron chi connectivity index (χ1n) is 5.15. The normalized spacial score (nSPS) is 23.2. The van der Waals surface area contributed by atoms with Crippen LogP contribution in [0, 0.1) is 0 Å².